The molecule has 0 bridgehead atoms. The van der Waals surface area contributed by atoms with Crippen molar-refractivity contribution in [2.45, 2.75) is 23.0 Å². The first-order chi connectivity index (χ1) is 14.4. The monoisotopic (exact) mass is 447 g/mol. The fourth-order valence-electron chi connectivity index (χ4n) is 3.17. The molecule has 1 N–H and O–H groups in total. The number of oxazole rings is 1. The van der Waals surface area contributed by atoms with E-state index in [9.17, 15) is 13.2 Å². The van der Waals surface area contributed by atoms with Crippen LogP contribution in [0.1, 0.15) is 12.8 Å². The number of rotatable bonds is 7. The number of anilines is 1. The second-order valence-corrected chi connectivity index (χ2v) is 9.43. The molecule has 1 aliphatic rings. The fourth-order valence-corrected chi connectivity index (χ4v) is 4.99. The van der Waals surface area contributed by atoms with Crippen LogP contribution in [0.25, 0.3) is 11.1 Å². The van der Waals surface area contributed by atoms with Gasteiger partial charge in [-0.05, 0) is 55.3 Å². The van der Waals surface area contributed by atoms with Crippen LogP contribution in [-0.4, -0.2) is 50.2 Å². The van der Waals surface area contributed by atoms with Gasteiger partial charge in [0.15, 0.2) is 5.58 Å². The number of ether oxygens (including phenoxy) is 1. The van der Waals surface area contributed by atoms with Crippen molar-refractivity contribution in [3.05, 3.63) is 42.5 Å². The van der Waals surface area contributed by atoms with Gasteiger partial charge in [0.1, 0.15) is 11.3 Å². The molecule has 0 spiro atoms. The van der Waals surface area contributed by atoms with Crippen molar-refractivity contribution in [2.24, 2.45) is 0 Å². The molecular weight excluding hydrogens is 426 g/mol. The minimum absolute atomic E-state index is 0.0618. The van der Waals surface area contributed by atoms with Gasteiger partial charge < -0.3 is 14.1 Å². The van der Waals surface area contributed by atoms with Crippen molar-refractivity contribution in [3.8, 4) is 5.75 Å². The van der Waals surface area contributed by atoms with Crippen LogP contribution in [0.4, 0.5) is 5.69 Å². The van der Waals surface area contributed by atoms with Crippen LogP contribution in [0.5, 0.6) is 5.75 Å². The minimum atomic E-state index is -3.79. The number of benzene rings is 2. The topological polar surface area (TPSA) is 102 Å². The molecular formula is C20H21N3O5S2. The predicted molar refractivity (Wildman–Crippen MR) is 114 cm³/mol. The van der Waals surface area contributed by atoms with E-state index in [2.05, 4.69) is 9.71 Å². The molecule has 1 aliphatic heterocycles. The Balaban J connectivity index is 1.47. The Kier molecular flexibility index (Phi) is 5.87. The average molecular weight is 448 g/mol. The number of thioether (sulfide) groups is 1. The molecule has 1 fully saturated rings. The van der Waals surface area contributed by atoms with Crippen LogP contribution in [0, 0.1) is 0 Å². The maximum atomic E-state index is 12.7. The highest BCUT2D eigenvalue weighted by Crippen LogP contribution is 2.27. The molecule has 4 rings (SSSR count). The quantitative estimate of drug-likeness (QED) is 0.554. The molecule has 2 heterocycles. The Morgan fingerprint density at radius 3 is 2.63 bits per heavy atom. The number of likely N-dealkylation sites (tertiary alicyclic amines) is 1. The number of aromatic nitrogens is 1. The summed E-state index contributed by atoms with van der Waals surface area (Å²) in [5.74, 6) is 0.943. The Hall–Kier alpha value is -2.72. The van der Waals surface area contributed by atoms with Crippen LogP contribution in [-0.2, 0) is 14.8 Å². The summed E-state index contributed by atoms with van der Waals surface area (Å²) >= 11 is 1.21. The molecule has 0 radical (unpaired) electrons. The van der Waals surface area contributed by atoms with E-state index in [1.165, 1.54) is 23.9 Å². The summed E-state index contributed by atoms with van der Waals surface area (Å²) in [6.07, 6.45) is 2.09. The van der Waals surface area contributed by atoms with E-state index in [1.807, 2.05) is 4.90 Å². The van der Waals surface area contributed by atoms with Gasteiger partial charge in [-0.2, -0.15) is 0 Å². The standard InChI is InChI=1S/C20H21N3O5S2/c1-27-15-6-4-14(5-7-15)22-30(25,26)16-8-9-18-17(12-16)21-20(28-18)29-13-19(24)23-10-2-3-11-23/h4-9,12,22H,2-3,10-11,13H2,1H3. The van der Waals surface area contributed by atoms with Gasteiger partial charge in [0.05, 0.1) is 17.8 Å². The Morgan fingerprint density at radius 1 is 1.20 bits per heavy atom. The van der Waals surface area contributed by atoms with E-state index in [-0.39, 0.29) is 16.6 Å². The SMILES string of the molecule is COc1ccc(NS(=O)(=O)c2ccc3oc(SCC(=O)N4CCCC4)nc3c2)cc1. The minimum Gasteiger partial charge on any atom is -0.497 e. The van der Waals surface area contributed by atoms with Gasteiger partial charge in [-0.1, -0.05) is 11.8 Å². The largest absolute Gasteiger partial charge is 0.497 e. The number of hydrogen-bond acceptors (Lipinski definition) is 7. The Bertz CT molecular complexity index is 1150. The molecule has 1 aromatic heterocycles. The predicted octanol–water partition coefficient (Wildman–Crippen LogP) is 3.35. The van der Waals surface area contributed by atoms with Crippen molar-refractivity contribution in [1.29, 1.82) is 0 Å². The highest BCUT2D eigenvalue weighted by Gasteiger charge is 2.20. The van der Waals surface area contributed by atoms with Gasteiger partial charge in [-0.3, -0.25) is 9.52 Å². The van der Waals surface area contributed by atoms with Crippen molar-refractivity contribution >= 4 is 44.5 Å². The summed E-state index contributed by atoms with van der Waals surface area (Å²) in [4.78, 5) is 18.4. The van der Waals surface area contributed by atoms with Crippen molar-refractivity contribution in [2.75, 3.05) is 30.7 Å². The van der Waals surface area contributed by atoms with Gasteiger partial charge in [0.25, 0.3) is 15.2 Å². The molecule has 2 aromatic carbocycles. The lowest BCUT2D eigenvalue weighted by atomic mass is 10.3. The number of carbonyl (C=O) groups excluding carboxylic acids is 1. The Labute approximate surface area is 178 Å². The molecule has 30 heavy (non-hydrogen) atoms. The second-order valence-electron chi connectivity index (χ2n) is 6.82. The first kappa shape index (κ1) is 20.5. The Morgan fingerprint density at radius 2 is 1.93 bits per heavy atom. The van der Waals surface area contributed by atoms with Crippen molar-refractivity contribution in [3.63, 3.8) is 0 Å². The van der Waals surface area contributed by atoms with Crippen LogP contribution in [0.2, 0.25) is 0 Å². The number of carbonyl (C=O) groups is 1. The van der Waals surface area contributed by atoms with E-state index >= 15 is 0 Å². The van der Waals surface area contributed by atoms with Crippen LogP contribution >= 0.6 is 11.8 Å². The number of methoxy groups -OCH3 is 1. The molecule has 0 unspecified atom stereocenters. The fraction of sp³-hybridized carbons (Fsp3) is 0.300. The lowest BCUT2D eigenvalue weighted by molar-refractivity contribution is -0.127. The van der Waals surface area contributed by atoms with E-state index in [4.69, 9.17) is 9.15 Å². The second kappa shape index (κ2) is 8.57. The third kappa shape index (κ3) is 4.54. The molecule has 1 saturated heterocycles. The first-order valence-corrected chi connectivity index (χ1v) is 11.9. The molecule has 0 atom stereocenters. The molecule has 8 nitrogen and oxygen atoms in total. The molecule has 0 aliphatic carbocycles. The molecule has 1 amide bonds. The summed E-state index contributed by atoms with van der Waals surface area (Å²) in [6.45, 7) is 1.60. The average Bonchev–Trinajstić information content (AvgIpc) is 3.41. The highest BCUT2D eigenvalue weighted by atomic mass is 32.2. The maximum absolute atomic E-state index is 12.7. The van der Waals surface area contributed by atoms with Crippen molar-refractivity contribution < 1.29 is 22.4 Å². The van der Waals surface area contributed by atoms with Crippen LogP contribution in [0.3, 0.4) is 0 Å². The van der Waals surface area contributed by atoms with E-state index in [0.717, 1.165) is 25.9 Å². The number of fused-ring (bicyclic) bond motifs is 1. The van der Waals surface area contributed by atoms with E-state index in [1.54, 1.807) is 37.4 Å². The summed E-state index contributed by atoms with van der Waals surface area (Å²) in [6, 6.07) is 11.1. The number of hydrogen-bond donors (Lipinski definition) is 1. The summed E-state index contributed by atoms with van der Waals surface area (Å²) in [5, 5.41) is 0.343. The zero-order valence-electron chi connectivity index (χ0n) is 16.3. The first-order valence-electron chi connectivity index (χ1n) is 9.43. The lowest BCUT2D eigenvalue weighted by Gasteiger charge is -2.13. The number of amides is 1. The van der Waals surface area contributed by atoms with Crippen molar-refractivity contribution in [1.82, 2.24) is 9.88 Å². The third-order valence-corrected chi connectivity index (χ3v) is 6.96. The van der Waals surface area contributed by atoms with Gasteiger partial charge in [-0.15, -0.1) is 0 Å². The smallest absolute Gasteiger partial charge is 0.261 e. The summed E-state index contributed by atoms with van der Waals surface area (Å²) in [5.41, 5.74) is 1.31. The lowest BCUT2D eigenvalue weighted by Crippen LogP contribution is -2.29. The normalized spacial score (nSPS) is 14.2. The van der Waals surface area contributed by atoms with Gasteiger partial charge >= 0.3 is 0 Å². The molecule has 0 saturated carbocycles. The van der Waals surface area contributed by atoms with Crippen LogP contribution < -0.4 is 9.46 Å². The number of nitrogens with one attached hydrogen (secondary N) is 1. The van der Waals surface area contributed by atoms with Gasteiger partial charge in [0, 0.05) is 18.8 Å². The highest BCUT2D eigenvalue weighted by molar-refractivity contribution is 7.99. The summed E-state index contributed by atoms with van der Waals surface area (Å²) in [7, 11) is -2.25. The zero-order chi connectivity index (χ0) is 21.1. The summed E-state index contributed by atoms with van der Waals surface area (Å²) < 4.78 is 38.7. The molecule has 10 heteroatoms. The maximum Gasteiger partial charge on any atom is 0.261 e. The number of nitrogens with zero attached hydrogens (tertiary/aromatic N) is 2. The van der Waals surface area contributed by atoms with E-state index in [0.29, 0.717) is 27.8 Å². The van der Waals surface area contributed by atoms with Gasteiger partial charge in [-0.25, -0.2) is 13.4 Å². The molecule has 158 valence electrons. The van der Waals surface area contributed by atoms with Crippen LogP contribution in [0.15, 0.2) is 57.0 Å². The number of sulfonamides is 1. The zero-order valence-corrected chi connectivity index (χ0v) is 18.0. The third-order valence-electron chi connectivity index (χ3n) is 4.77. The van der Waals surface area contributed by atoms with E-state index < -0.39 is 10.0 Å². The van der Waals surface area contributed by atoms with Gasteiger partial charge in [0.2, 0.25) is 5.91 Å². The molecule has 3 aromatic rings.